The van der Waals surface area contributed by atoms with Crippen LogP contribution in [0.5, 0.6) is 0 Å². The normalized spacial score (nSPS) is 12.0. The third-order valence-corrected chi connectivity index (χ3v) is 2.47. The van der Waals surface area contributed by atoms with Gasteiger partial charge in [-0.2, -0.15) is 0 Å². The Kier molecular flexibility index (Phi) is 4.28. The van der Waals surface area contributed by atoms with E-state index in [0.29, 0.717) is 6.54 Å². The largest absolute Gasteiger partial charge is 0.359 e. The minimum atomic E-state index is -0.251. The second-order valence-electron chi connectivity index (χ2n) is 3.88. The number of hydrogen-bond acceptors (Lipinski definition) is 3. The Labute approximate surface area is 96.7 Å². The fraction of sp³-hybridized carbons (Fsp3) is 0.500. The van der Waals surface area contributed by atoms with E-state index in [0.717, 1.165) is 11.5 Å². The van der Waals surface area contributed by atoms with Crippen LogP contribution in [0.25, 0.3) is 0 Å². The molecule has 1 aromatic heterocycles. The van der Waals surface area contributed by atoms with Crippen molar-refractivity contribution in [3.8, 4) is 0 Å². The number of amides is 1. The maximum Gasteiger partial charge on any atom is 0.244 e. The van der Waals surface area contributed by atoms with Crippen molar-refractivity contribution >= 4 is 11.7 Å². The number of carbonyl (C=O) groups excluding carboxylic acids is 1. The van der Waals surface area contributed by atoms with Crippen molar-refractivity contribution in [3.05, 3.63) is 23.9 Å². The Hall–Kier alpha value is -1.58. The molecule has 1 amide bonds. The third kappa shape index (κ3) is 3.22. The summed E-state index contributed by atoms with van der Waals surface area (Å²) in [6.07, 6.45) is 0. The maximum atomic E-state index is 11.8. The predicted molar refractivity (Wildman–Crippen MR) is 65.4 cm³/mol. The molecule has 0 aliphatic carbocycles. The molecule has 0 radical (unpaired) electrons. The summed E-state index contributed by atoms with van der Waals surface area (Å²) in [7, 11) is 1.80. The summed E-state index contributed by atoms with van der Waals surface area (Å²) >= 11 is 0. The molecular formula is C12H19N3O. The SMILES string of the molecule is CCN(C)C(=O)C(C)Nc1cccc(C)n1. The molecule has 4 heteroatoms. The molecule has 1 aromatic rings. The molecule has 1 heterocycles. The van der Waals surface area contributed by atoms with Gasteiger partial charge in [0, 0.05) is 19.3 Å². The number of anilines is 1. The first-order valence-electron chi connectivity index (χ1n) is 5.49. The number of nitrogens with zero attached hydrogens (tertiary/aromatic N) is 2. The van der Waals surface area contributed by atoms with E-state index in [1.54, 1.807) is 11.9 Å². The van der Waals surface area contributed by atoms with E-state index < -0.39 is 0 Å². The van der Waals surface area contributed by atoms with Crippen LogP contribution in [0.15, 0.2) is 18.2 Å². The highest BCUT2D eigenvalue weighted by Crippen LogP contribution is 2.06. The minimum absolute atomic E-state index is 0.0748. The summed E-state index contributed by atoms with van der Waals surface area (Å²) in [5, 5.41) is 3.10. The van der Waals surface area contributed by atoms with Crippen molar-refractivity contribution in [1.29, 1.82) is 0 Å². The zero-order chi connectivity index (χ0) is 12.1. The molecular weight excluding hydrogens is 202 g/mol. The molecule has 88 valence electrons. The monoisotopic (exact) mass is 221 g/mol. The van der Waals surface area contributed by atoms with Gasteiger partial charge in [0.15, 0.2) is 0 Å². The molecule has 16 heavy (non-hydrogen) atoms. The average Bonchev–Trinajstić information content (AvgIpc) is 2.27. The molecule has 0 spiro atoms. The van der Waals surface area contributed by atoms with Gasteiger partial charge in [-0.3, -0.25) is 4.79 Å². The van der Waals surface area contributed by atoms with E-state index in [4.69, 9.17) is 0 Å². The molecule has 4 nitrogen and oxygen atoms in total. The minimum Gasteiger partial charge on any atom is -0.359 e. The number of aromatic nitrogens is 1. The molecule has 1 N–H and O–H groups in total. The smallest absolute Gasteiger partial charge is 0.244 e. The van der Waals surface area contributed by atoms with Gasteiger partial charge in [0.1, 0.15) is 11.9 Å². The predicted octanol–water partition coefficient (Wildman–Crippen LogP) is 1.67. The molecule has 0 saturated heterocycles. The van der Waals surface area contributed by atoms with Crippen LogP contribution in [0.4, 0.5) is 5.82 Å². The van der Waals surface area contributed by atoms with Gasteiger partial charge in [-0.15, -0.1) is 0 Å². The lowest BCUT2D eigenvalue weighted by Gasteiger charge is -2.20. The van der Waals surface area contributed by atoms with Crippen molar-refractivity contribution < 1.29 is 4.79 Å². The van der Waals surface area contributed by atoms with Crippen LogP contribution < -0.4 is 5.32 Å². The summed E-state index contributed by atoms with van der Waals surface area (Å²) in [5.41, 5.74) is 0.938. The van der Waals surface area contributed by atoms with Crippen LogP contribution in [-0.2, 0) is 4.79 Å². The number of pyridine rings is 1. The van der Waals surface area contributed by atoms with Crippen molar-refractivity contribution in [3.63, 3.8) is 0 Å². The average molecular weight is 221 g/mol. The number of aryl methyl sites for hydroxylation is 1. The molecule has 0 bridgehead atoms. The van der Waals surface area contributed by atoms with Gasteiger partial charge in [-0.05, 0) is 32.9 Å². The van der Waals surface area contributed by atoms with E-state index in [1.165, 1.54) is 0 Å². The Morgan fingerprint density at radius 2 is 2.25 bits per heavy atom. The maximum absolute atomic E-state index is 11.8. The van der Waals surface area contributed by atoms with Crippen LogP contribution in [0.1, 0.15) is 19.5 Å². The lowest BCUT2D eigenvalue weighted by Crippen LogP contribution is -2.39. The fourth-order valence-corrected chi connectivity index (χ4v) is 1.39. The number of likely N-dealkylation sites (N-methyl/N-ethyl adjacent to an activating group) is 1. The molecule has 1 atom stereocenters. The molecule has 0 aliphatic rings. The van der Waals surface area contributed by atoms with Crippen LogP contribution in [0.3, 0.4) is 0 Å². The number of hydrogen-bond donors (Lipinski definition) is 1. The topological polar surface area (TPSA) is 45.2 Å². The number of carbonyl (C=O) groups is 1. The van der Waals surface area contributed by atoms with Crippen molar-refractivity contribution in [2.75, 3.05) is 18.9 Å². The second-order valence-corrected chi connectivity index (χ2v) is 3.88. The Balaban J connectivity index is 2.64. The number of rotatable bonds is 4. The van der Waals surface area contributed by atoms with Gasteiger partial charge in [-0.25, -0.2) is 4.98 Å². The first-order chi connectivity index (χ1) is 7.54. The summed E-state index contributed by atoms with van der Waals surface area (Å²) in [6.45, 7) is 6.44. The van der Waals surface area contributed by atoms with Crippen molar-refractivity contribution in [1.82, 2.24) is 9.88 Å². The third-order valence-electron chi connectivity index (χ3n) is 2.47. The van der Waals surface area contributed by atoms with E-state index in [9.17, 15) is 4.79 Å². The van der Waals surface area contributed by atoms with Gasteiger partial charge < -0.3 is 10.2 Å². The van der Waals surface area contributed by atoms with Crippen LogP contribution in [-0.4, -0.2) is 35.4 Å². The van der Waals surface area contributed by atoms with E-state index in [-0.39, 0.29) is 11.9 Å². The van der Waals surface area contributed by atoms with Gasteiger partial charge in [0.25, 0.3) is 0 Å². The number of nitrogens with one attached hydrogen (secondary N) is 1. The second kappa shape index (κ2) is 5.49. The standard InChI is InChI=1S/C12H19N3O/c1-5-15(4)12(16)10(3)14-11-8-6-7-9(2)13-11/h6-8,10H,5H2,1-4H3,(H,13,14). The highest BCUT2D eigenvalue weighted by atomic mass is 16.2. The Morgan fingerprint density at radius 3 is 2.81 bits per heavy atom. The van der Waals surface area contributed by atoms with Crippen LogP contribution in [0, 0.1) is 6.92 Å². The highest BCUT2D eigenvalue weighted by Gasteiger charge is 2.16. The zero-order valence-electron chi connectivity index (χ0n) is 10.3. The van der Waals surface area contributed by atoms with E-state index >= 15 is 0 Å². The van der Waals surface area contributed by atoms with Crippen molar-refractivity contribution in [2.45, 2.75) is 26.8 Å². The summed E-state index contributed by atoms with van der Waals surface area (Å²) < 4.78 is 0. The highest BCUT2D eigenvalue weighted by molar-refractivity contribution is 5.83. The summed E-state index contributed by atoms with van der Waals surface area (Å²) in [5.74, 6) is 0.816. The first kappa shape index (κ1) is 12.5. The molecule has 0 aromatic carbocycles. The molecule has 0 fully saturated rings. The Bertz CT molecular complexity index is 365. The quantitative estimate of drug-likeness (QED) is 0.841. The lowest BCUT2D eigenvalue weighted by atomic mass is 10.3. The molecule has 0 saturated carbocycles. The summed E-state index contributed by atoms with van der Waals surface area (Å²) in [4.78, 5) is 17.8. The van der Waals surface area contributed by atoms with Gasteiger partial charge in [0.2, 0.25) is 5.91 Å². The van der Waals surface area contributed by atoms with Gasteiger partial charge >= 0.3 is 0 Å². The first-order valence-corrected chi connectivity index (χ1v) is 5.49. The zero-order valence-corrected chi connectivity index (χ0v) is 10.3. The van der Waals surface area contributed by atoms with Crippen LogP contribution >= 0.6 is 0 Å². The molecule has 1 unspecified atom stereocenters. The molecule has 1 rings (SSSR count). The van der Waals surface area contributed by atoms with Crippen molar-refractivity contribution in [2.24, 2.45) is 0 Å². The summed E-state index contributed by atoms with van der Waals surface area (Å²) in [6, 6.07) is 5.46. The fourth-order valence-electron chi connectivity index (χ4n) is 1.39. The van der Waals surface area contributed by atoms with E-state index in [2.05, 4.69) is 10.3 Å². The lowest BCUT2D eigenvalue weighted by molar-refractivity contribution is -0.130. The molecule has 0 aliphatic heterocycles. The van der Waals surface area contributed by atoms with Gasteiger partial charge in [0.05, 0.1) is 0 Å². The Morgan fingerprint density at radius 1 is 1.56 bits per heavy atom. The van der Waals surface area contributed by atoms with Gasteiger partial charge in [-0.1, -0.05) is 6.07 Å². The van der Waals surface area contributed by atoms with Crippen LogP contribution in [0.2, 0.25) is 0 Å². The van der Waals surface area contributed by atoms with E-state index in [1.807, 2.05) is 39.0 Å².